The number of oxazole rings is 1. The van der Waals surface area contributed by atoms with E-state index in [1.165, 1.54) is 12.2 Å². The first-order valence-electron chi connectivity index (χ1n) is 8.91. The quantitative estimate of drug-likeness (QED) is 0.367. The molecule has 2 aliphatic rings. The first-order valence-corrected chi connectivity index (χ1v) is 10.1. The lowest BCUT2D eigenvalue weighted by Gasteiger charge is -2.43. The normalized spacial score (nSPS) is 24.3. The Bertz CT molecular complexity index is 578. The third kappa shape index (κ3) is 5.26. The molecule has 2 aliphatic heterocycles. The molecule has 3 heterocycles. The highest BCUT2D eigenvalue weighted by Gasteiger charge is 2.40. The molecule has 0 bridgehead atoms. The van der Waals surface area contributed by atoms with E-state index in [1.807, 2.05) is 25.6 Å². The van der Waals surface area contributed by atoms with E-state index in [9.17, 15) is 0 Å². The molecule has 1 atom stereocenters. The van der Waals surface area contributed by atoms with E-state index in [4.69, 9.17) is 9.15 Å². The predicted molar refractivity (Wildman–Crippen MR) is 117 cm³/mol. The first kappa shape index (κ1) is 21.8. The molecule has 3 rings (SSSR count). The minimum absolute atomic E-state index is 0. The summed E-state index contributed by atoms with van der Waals surface area (Å²) < 4.78 is 11.1. The van der Waals surface area contributed by atoms with Crippen LogP contribution in [0.4, 0.5) is 0 Å². The molecule has 2 fully saturated rings. The lowest BCUT2D eigenvalue weighted by molar-refractivity contribution is -0.0120. The summed E-state index contributed by atoms with van der Waals surface area (Å²) in [4.78, 5) is 11.3. The van der Waals surface area contributed by atoms with Gasteiger partial charge in [-0.3, -0.25) is 9.89 Å². The predicted octanol–water partition coefficient (Wildman–Crippen LogP) is 1.78. The molecule has 1 aromatic heterocycles. The fourth-order valence-corrected chi connectivity index (χ4v) is 4.86. The van der Waals surface area contributed by atoms with Crippen LogP contribution in [0.5, 0.6) is 0 Å². The number of aryl methyl sites for hydroxylation is 2. The Balaban J connectivity index is 0.00000243. The summed E-state index contributed by atoms with van der Waals surface area (Å²) in [5, 5.41) is 6.82. The average Bonchev–Trinajstić information content (AvgIpc) is 3.24. The van der Waals surface area contributed by atoms with Crippen LogP contribution in [0.15, 0.2) is 9.41 Å². The molecule has 1 unspecified atom stereocenters. The fourth-order valence-electron chi connectivity index (χ4n) is 3.38. The van der Waals surface area contributed by atoms with Gasteiger partial charge in [0.25, 0.3) is 0 Å². The number of aliphatic imine (C=N–C) groups is 1. The third-order valence-electron chi connectivity index (χ3n) is 5.05. The second-order valence-corrected chi connectivity index (χ2v) is 7.76. The zero-order chi connectivity index (χ0) is 17.7. The van der Waals surface area contributed by atoms with Crippen molar-refractivity contribution in [1.82, 2.24) is 20.5 Å². The van der Waals surface area contributed by atoms with Crippen LogP contribution in [0, 0.1) is 13.8 Å². The van der Waals surface area contributed by atoms with Crippen molar-refractivity contribution in [2.24, 2.45) is 4.99 Å². The summed E-state index contributed by atoms with van der Waals surface area (Å²) in [6.45, 7) is 9.02. The summed E-state index contributed by atoms with van der Waals surface area (Å²) in [5.41, 5.74) is 1.14. The fraction of sp³-hybridized carbons (Fsp3) is 0.765. The maximum atomic E-state index is 5.62. The lowest BCUT2D eigenvalue weighted by atomic mass is 9.95. The Hall–Kier alpha value is -0.520. The molecule has 0 amide bonds. The molecule has 0 aromatic carbocycles. The van der Waals surface area contributed by atoms with E-state index in [2.05, 4.69) is 25.5 Å². The van der Waals surface area contributed by atoms with Gasteiger partial charge in [-0.25, -0.2) is 4.98 Å². The van der Waals surface area contributed by atoms with Crippen LogP contribution in [0.1, 0.15) is 23.8 Å². The average molecular weight is 495 g/mol. The van der Waals surface area contributed by atoms with Gasteiger partial charge in [0.05, 0.1) is 25.5 Å². The van der Waals surface area contributed by atoms with Gasteiger partial charge in [-0.15, -0.1) is 24.0 Å². The third-order valence-corrected chi connectivity index (χ3v) is 6.29. The molecule has 0 saturated carbocycles. The number of hydrogen-bond acceptors (Lipinski definition) is 6. The minimum atomic E-state index is 0. The van der Waals surface area contributed by atoms with Crippen LogP contribution in [-0.2, 0) is 11.3 Å². The van der Waals surface area contributed by atoms with E-state index in [0.29, 0.717) is 12.4 Å². The van der Waals surface area contributed by atoms with Crippen LogP contribution in [0.25, 0.3) is 0 Å². The number of morpholine rings is 1. The molecule has 1 aromatic rings. The number of nitrogens with one attached hydrogen (secondary N) is 2. The Labute approximate surface area is 177 Å². The Morgan fingerprint density at radius 2 is 2.08 bits per heavy atom. The van der Waals surface area contributed by atoms with Crippen molar-refractivity contribution in [2.75, 3.05) is 51.4 Å². The number of thioether (sulfide) groups is 1. The number of nitrogens with zero attached hydrogens (tertiary/aromatic N) is 3. The Morgan fingerprint density at radius 3 is 2.65 bits per heavy atom. The SMILES string of the molecule is CN=C(NCc1nc(C)c(C)o1)NCC1(N2CCOCC2)CCSC1.I. The van der Waals surface area contributed by atoms with Gasteiger partial charge in [-0.05, 0) is 26.0 Å². The smallest absolute Gasteiger partial charge is 0.214 e. The molecule has 2 saturated heterocycles. The summed E-state index contributed by atoms with van der Waals surface area (Å²) in [6, 6.07) is 0. The van der Waals surface area contributed by atoms with Gasteiger partial charge in [0.2, 0.25) is 5.89 Å². The number of aromatic nitrogens is 1. The van der Waals surface area contributed by atoms with E-state index in [1.54, 1.807) is 7.05 Å². The molecule has 0 radical (unpaired) electrons. The van der Waals surface area contributed by atoms with Gasteiger partial charge >= 0.3 is 0 Å². The molecular formula is C17H30IN5O2S. The van der Waals surface area contributed by atoms with Gasteiger partial charge in [0.15, 0.2) is 5.96 Å². The maximum absolute atomic E-state index is 5.62. The molecule has 9 heteroatoms. The van der Waals surface area contributed by atoms with Crippen LogP contribution < -0.4 is 10.6 Å². The highest BCUT2D eigenvalue weighted by atomic mass is 127. The molecular weight excluding hydrogens is 465 g/mol. The van der Waals surface area contributed by atoms with Gasteiger partial charge < -0.3 is 19.8 Å². The largest absolute Gasteiger partial charge is 0.444 e. The van der Waals surface area contributed by atoms with Crippen molar-refractivity contribution in [2.45, 2.75) is 32.4 Å². The van der Waals surface area contributed by atoms with Gasteiger partial charge in [-0.2, -0.15) is 11.8 Å². The van der Waals surface area contributed by atoms with Crippen LogP contribution in [0.3, 0.4) is 0 Å². The van der Waals surface area contributed by atoms with Gasteiger partial charge in [0, 0.05) is 38.0 Å². The monoisotopic (exact) mass is 495 g/mol. The van der Waals surface area contributed by atoms with Crippen LogP contribution >= 0.6 is 35.7 Å². The van der Waals surface area contributed by atoms with Crippen LogP contribution in [-0.4, -0.2) is 72.8 Å². The number of ether oxygens (including phenoxy) is 1. The molecule has 7 nitrogen and oxygen atoms in total. The van der Waals surface area contributed by atoms with Crippen LogP contribution in [0.2, 0.25) is 0 Å². The minimum Gasteiger partial charge on any atom is -0.444 e. The summed E-state index contributed by atoms with van der Waals surface area (Å²) >= 11 is 2.04. The van der Waals surface area contributed by atoms with Crippen molar-refractivity contribution in [3.8, 4) is 0 Å². The number of halogens is 1. The van der Waals surface area contributed by atoms with Crippen molar-refractivity contribution < 1.29 is 9.15 Å². The maximum Gasteiger partial charge on any atom is 0.214 e. The number of guanidine groups is 1. The lowest BCUT2D eigenvalue weighted by Crippen LogP contribution is -2.60. The second-order valence-electron chi connectivity index (χ2n) is 6.65. The van der Waals surface area contributed by atoms with Crippen molar-refractivity contribution in [1.29, 1.82) is 0 Å². The summed E-state index contributed by atoms with van der Waals surface area (Å²) in [7, 11) is 1.80. The summed E-state index contributed by atoms with van der Waals surface area (Å²) in [6.07, 6.45) is 1.21. The molecule has 148 valence electrons. The summed E-state index contributed by atoms with van der Waals surface area (Å²) in [5.74, 6) is 4.74. The van der Waals surface area contributed by atoms with Crippen molar-refractivity contribution in [3.05, 3.63) is 17.3 Å². The Morgan fingerprint density at radius 1 is 1.31 bits per heavy atom. The molecule has 26 heavy (non-hydrogen) atoms. The second kappa shape index (κ2) is 10.1. The zero-order valence-corrected chi connectivity index (χ0v) is 19.0. The van der Waals surface area contributed by atoms with Crippen molar-refractivity contribution in [3.63, 3.8) is 0 Å². The molecule has 2 N–H and O–H groups in total. The standard InChI is InChI=1S/C17H29N5O2S.HI/c1-13-14(2)24-15(21-13)10-19-16(18-3)20-11-17(4-9-25-12-17)22-5-7-23-8-6-22;/h4-12H2,1-3H3,(H2,18,19,20);1H. The zero-order valence-electron chi connectivity index (χ0n) is 15.8. The number of hydrogen-bond donors (Lipinski definition) is 2. The van der Waals surface area contributed by atoms with Gasteiger partial charge in [-0.1, -0.05) is 0 Å². The van der Waals surface area contributed by atoms with Crippen molar-refractivity contribution >= 4 is 41.7 Å². The molecule has 0 aliphatic carbocycles. The van der Waals surface area contributed by atoms with E-state index in [0.717, 1.165) is 56.0 Å². The van der Waals surface area contributed by atoms with Gasteiger partial charge in [0.1, 0.15) is 5.76 Å². The highest BCUT2D eigenvalue weighted by molar-refractivity contribution is 14.0. The Kier molecular flexibility index (Phi) is 8.49. The molecule has 0 spiro atoms. The topological polar surface area (TPSA) is 74.9 Å². The number of rotatable bonds is 5. The van der Waals surface area contributed by atoms with E-state index < -0.39 is 0 Å². The van der Waals surface area contributed by atoms with E-state index in [-0.39, 0.29) is 29.5 Å². The highest BCUT2D eigenvalue weighted by Crippen LogP contribution is 2.33. The van der Waals surface area contributed by atoms with E-state index >= 15 is 0 Å². The first-order chi connectivity index (χ1) is 12.1.